The van der Waals surface area contributed by atoms with Crippen LogP contribution in [-0.4, -0.2) is 18.2 Å². The fourth-order valence-electron chi connectivity index (χ4n) is 4.61. The highest BCUT2D eigenvalue weighted by Crippen LogP contribution is 2.56. The number of hydrogen-bond donors (Lipinski definition) is 0. The Morgan fingerprint density at radius 1 is 0.971 bits per heavy atom. The van der Waals surface area contributed by atoms with Gasteiger partial charge in [0.25, 0.3) is 10.0 Å². The third-order valence-electron chi connectivity index (χ3n) is 6.34. The number of anilines is 1. The van der Waals surface area contributed by atoms with Crippen molar-refractivity contribution in [1.29, 1.82) is 0 Å². The van der Waals surface area contributed by atoms with E-state index in [2.05, 4.69) is 5.10 Å². The number of nitrogens with zero attached hydrogens (tertiary/aromatic N) is 3. The van der Waals surface area contributed by atoms with E-state index >= 15 is 0 Å². The molecule has 1 fully saturated rings. The zero-order valence-electron chi connectivity index (χ0n) is 19.1. The molecule has 11 heteroatoms. The summed E-state index contributed by atoms with van der Waals surface area (Å²) in [5.41, 5.74) is -0.397. The Labute approximate surface area is 199 Å². The molecule has 2 aliphatic rings. The Hall–Kier alpha value is -2.95. The molecule has 5 nitrogen and oxygen atoms in total. The molecule has 0 amide bonds. The minimum absolute atomic E-state index is 0.0702. The monoisotopic (exact) mass is 511 g/mol. The molecule has 0 N–H and O–H groups in total. The Morgan fingerprint density at radius 2 is 1.57 bits per heavy atom. The molecule has 1 aliphatic carbocycles. The Bertz CT molecular complexity index is 1420. The molecule has 0 spiro atoms. The largest absolute Gasteiger partial charge is 0.416 e. The fraction of sp³-hybridized carbons (Fsp3) is 0.375. The van der Waals surface area contributed by atoms with Crippen LogP contribution in [0.15, 0.2) is 47.5 Å². The SMILES string of the molecule is CC(C)(C)n1ncc2c1-c1cc(F)c(F)cc1N(S(=O)(=O)c1ccc(C(F)(F)F)cc1)[C@@H]2C1CC1. The smallest absolute Gasteiger partial charge is 0.259 e. The van der Waals surface area contributed by atoms with Gasteiger partial charge in [0.15, 0.2) is 11.6 Å². The standard InChI is InChI=1S/C24H22F5N3O2S/c1-23(2,3)32-22-16-10-18(25)19(26)11-20(16)31(21(13-4-5-13)17(22)12-30-32)35(33,34)15-8-6-14(7-9-15)24(27,28)29/h6-13,21H,4-5H2,1-3H3/t21-/m1/s1. The molecule has 2 aromatic carbocycles. The summed E-state index contributed by atoms with van der Waals surface area (Å²) in [6, 6.07) is 4.18. The average molecular weight is 512 g/mol. The van der Waals surface area contributed by atoms with Crippen molar-refractivity contribution < 1.29 is 30.4 Å². The van der Waals surface area contributed by atoms with Crippen LogP contribution in [0.3, 0.4) is 0 Å². The second-order valence-electron chi connectivity index (χ2n) is 9.92. The first-order valence-corrected chi connectivity index (χ1v) is 12.4. The van der Waals surface area contributed by atoms with E-state index in [4.69, 9.17) is 0 Å². The molecule has 0 bridgehead atoms. The van der Waals surface area contributed by atoms with E-state index in [0.29, 0.717) is 36.2 Å². The first-order chi connectivity index (χ1) is 16.2. The summed E-state index contributed by atoms with van der Waals surface area (Å²) in [5, 5.41) is 4.46. The summed E-state index contributed by atoms with van der Waals surface area (Å²) in [4.78, 5) is -0.376. The van der Waals surface area contributed by atoms with E-state index < -0.39 is 45.0 Å². The van der Waals surface area contributed by atoms with Gasteiger partial charge in [-0.05, 0) is 69.9 Å². The van der Waals surface area contributed by atoms with Gasteiger partial charge in [0.2, 0.25) is 0 Å². The van der Waals surface area contributed by atoms with Crippen LogP contribution in [-0.2, 0) is 21.7 Å². The van der Waals surface area contributed by atoms with Crippen molar-refractivity contribution in [3.63, 3.8) is 0 Å². The minimum atomic E-state index is -4.63. The first kappa shape index (κ1) is 23.8. The van der Waals surface area contributed by atoms with Crippen LogP contribution in [0.5, 0.6) is 0 Å². The highest BCUT2D eigenvalue weighted by Gasteiger charge is 2.49. The number of benzene rings is 2. The predicted octanol–water partition coefficient (Wildman–Crippen LogP) is 6.26. The number of halogens is 5. The summed E-state index contributed by atoms with van der Waals surface area (Å²) >= 11 is 0. The first-order valence-electron chi connectivity index (χ1n) is 11.0. The van der Waals surface area contributed by atoms with Crippen molar-refractivity contribution in [1.82, 2.24) is 9.78 Å². The van der Waals surface area contributed by atoms with Gasteiger partial charge in [0.05, 0.1) is 39.6 Å². The van der Waals surface area contributed by atoms with Gasteiger partial charge in [-0.2, -0.15) is 18.3 Å². The van der Waals surface area contributed by atoms with Gasteiger partial charge in [0, 0.05) is 17.2 Å². The van der Waals surface area contributed by atoms with Crippen LogP contribution in [0, 0.1) is 17.6 Å². The maximum atomic E-state index is 14.5. The Morgan fingerprint density at radius 3 is 2.11 bits per heavy atom. The van der Waals surface area contributed by atoms with E-state index in [1.54, 1.807) is 10.9 Å². The second-order valence-corrected chi connectivity index (χ2v) is 11.7. The van der Waals surface area contributed by atoms with Crippen molar-refractivity contribution in [3.05, 3.63) is 65.4 Å². The number of alkyl halides is 3. The molecule has 5 rings (SSSR count). The number of fused-ring (bicyclic) bond motifs is 3. The van der Waals surface area contributed by atoms with Crippen molar-refractivity contribution in [2.45, 2.75) is 56.3 Å². The summed E-state index contributed by atoms with van der Waals surface area (Å²) < 4.78 is 98.5. The van der Waals surface area contributed by atoms with Crippen molar-refractivity contribution in [2.75, 3.05) is 4.31 Å². The zero-order chi connectivity index (χ0) is 25.5. The van der Waals surface area contributed by atoms with Crippen LogP contribution >= 0.6 is 0 Å². The molecule has 3 aromatic rings. The van der Waals surface area contributed by atoms with E-state index in [1.165, 1.54) is 0 Å². The number of aromatic nitrogens is 2. The molecule has 0 unspecified atom stereocenters. The van der Waals surface area contributed by atoms with Gasteiger partial charge in [0.1, 0.15) is 0 Å². The van der Waals surface area contributed by atoms with Crippen LogP contribution in [0.1, 0.15) is 50.8 Å². The lowest BCUT2D eigenvalue weighted by Crippen LogP contribution is -2.39. The lowest BCUT2D eigenvalue weighted by atomic mass is 9.92. The van der Waals surface area contributed by atoms with Crippen molar-refractivity contribution >= 4 is 15.7 Å². The van der Waals surface area contributed by atoms with Crippen molar-refractivity contribution in [3.8, 4) is 11.3 Å². The second kappa shape index (κ2) is 7.52. The molecule has 2 heterocycles. The maximum Gasteiger partial charge on any atom is 0.416 e. The highest BCUT2D eigenvalue weighted by molar-refractivity contribution is 7.92. The zero-order valence-corrected chi connectivity index (χ0v) is 19.9. The van der Waals surface area contributed by atoms with E-state index in [-0.39, 0.29) is 22.1 Å². The summed E-state index contributed by atoms with van der Waals surface area (Å²) in [6.07, 6.45) is -1.66. The maximum absolute atomic E-state index is 14.5. The molecule has 186 valence electrons. The normalized spacial score (nSPS) is 18.4. The van der Waals surface area contributed by atoms with Crippen LogP contribution in [0.2, 0.25) is 0 Å². The fourth-order valence-corrected chi connectivity index (χ4v) is 6.31. The Kier molecular flexibility index (Phi) is 5.11. The topological polar surface area (TPSA) is 55.2 Å². The van der Waals surface area contributed by atoms with Gasteiger partial charge < -0.3 is 0 Å². The molecular weight excluding hydrogens is 489 g/mol. The van der Waals surface area contributed by atoms with Crippen molar-refractivity contribution in [2.24, 2.45) is 5.92 Å². The summed E-state index contributed by atoms with van der Waals surface area (Å²) in [6.45, 7) is 5.66. The van der Waals surface area contributed by atoms with Gasteiger partial charge in [-0.3, -0.25) is 8.99 Å². The van der Waals surface area contributed by atoms with Gasteiger partial charge in [-0.25, -0.2) is 17.2 Å². The molecule has 1 atom stereocenters. The van der Waals surface area contributed by atoms with E-state index in [1.807, 2.05) is 20.8 Å². The minimum Gasteiger partial charge on any atom is -0.259 e. The molecule has 1 aliphatic heterocycles. The molecule has 0 saturated heterocycles. The van der Waals surface area contributed by atoms with Gasteiger partial charge in [-0.15, -0.1) is 0 Å². The molecular formula is C24H22F5N3O2S. The van der Waals surface area contributed by atoms with E-state index in [9.17, 15) is 30.4 Å². The van der Waals surface area contributed by atoms with Gasteiger partial charge in [-0.1, -0.05) is 0 Å². The van der Waals surface area contributed by atoms with E-state index in [0.717, 1.165) is 28.6 Å². The molecule has 1 saturated carbocycles. The number of hydrogen-bond acceptors (Lipinski definition) is 3. The highest BCUT2D eigenvalue weighted by atomic mass is 32.2. The Balaban J connectivity index is 1.75. The molecule has 35 heavy (non-hydrogen) atoms. The molecule has 1 aromatic heterocycles. The van der Waals surface area contributed by atoms with Crippen LogP contribution in [0.4, 0.5) is 27.6 Å². The number of sulfonamides is 1. The lowest BCUT2D eigenvalue weighted by molar-refractivity contribution is -0.137. The third-order valence-corrected chi connectivity index (χ3v) is 8.15. The quantitative estimate of drug-likeness (QED) is 0.390. The third kappa shape index (κ3) is 3.80. The lowest BCUT2D eigenvalue weighted by Gasteiger charge is -2.39. The van der Waals surface area contributed by atoms with Crippen LogP contribution in [0.25, 0.3) is 11.3 Å². The van der Waals surface area contributed by atoms with Gasteiger partial charge >= 0.3 is 6.18 Å². The summed E-state index contributed by atoms with van der Waals surface area (Å²) in [5.74, 6) is -2.47. The predicted molar refractivity (Wildman–Crippen MR) is 119 cm³/mol. The van der Waals surface area contributed by atoms with Crippen LogP contribution < -0.4 is 4.31 Å². The molecule has 0 radical (unpaired) electrons. The summed E-state index contributed by atoms with van der Waals surface area (Å²) in [7, 11) is -4.45. The number of rotatable bonds is 3. The average Bonchev–Trinajstić information content (AvgIpc) is 3.49.